The van der Waals surface area contributed by atoms with Crippen molar-refractivity contribution >= 4 is 11.9 Å². The third-order valence-electron chi connectivity index (χ3n) is 3.79. The molecule has 1 unspecified atom stereocenters. The Labute approximate surface area is 138 Å². The van der Waals surface area contributed by atoms with Crippen LogP contribution < -0.4 is 0 Å². The summed E-state index contributed by atoms with van der Waals surface area (Å²) in [5, 5.41) is 8.86. The van der Waals surface area contributed by atoms with Crippen LogP contribution in [0.2, 0.25) is 0 Å². The van der Waals surface area contributed by atoms with Crippen LogP contribution >= 0.6 is 0 Å². The second-order valence-corrected chi connectivity index (χ2v) is 6.02. The third-order valence-corrected chi connectivity index (χ3v) is 3.79. The van der Waals surface area contributed by atoms with Crippen LogP contribution in [0, 0.1) is 0 Å². The summed E-state index contributed by atoms with van der Waals surface area (Å²) in [5.74, 6) is -1.08. The summed E-state index contributed by atoms with van der Waals surface area (Å²) in [6.07, 6.45) is 7.79. The normalized spacial score (nSPS) is 11.9. The number of aromatic carboxylic acids is 1. The van der Waals surface area contributed by atoms with Gasteiger partial charge in [0.1, 0.15) is 6.10 Å². The van der Waals surface area contributed by atoms with E-state index in [9.17, 15) is 9.59 Å². The maximum Gasteiger partial charge on any atom is 0.335 e. The Kier molecular flexibility index (Phi) is 9.03. The van der Waals surface area contributed by atoms with Crippen LogP contribution in [0.4, 0.5) is 0 Å². The molecule has 0 saturated heterocycles. The molecule has 128 valence electrons. The van der Waals surface area contributed by atoms with E-state index < -0.39 is 5.97 Å². The van der Waals surface area contributed by atoms with Crippen LogP contribution in [0.5, 0.6) is 0 Å². The second-order valence-electron chi connectivity index (χ2n) is 6.02. The molecule has 1 aromatic rings. The molecule has 0 fully saturated rings. The monoisotopic (exact) mass is 320 g/mol. The molecule has 0 amide bonds. The van der Waals surface area contributed by atoms with E-state index in [4.69, 9.17) is 9.84 Å². The summed E-state index contributed by atoms with van der Waals surface area (Å²) < 4.78 is 5.40. The van der Waals surface area contributed by atoms with E-state index >= 15 is 0 Å². The van der Waals surface area contributed by atoms with Gasteiger partial charge in [0.05, 0.1) is 5.56 Å². The summed E-state index contributed by atoms with van der Waals surface area (Å²) in [6, 6.07) is 6.67. The molecule has 0 aliphatic carbocycles. The van der Waals surface area contributed by atoms with Crippen molar-refractivity contribution in [3.05, 3.63) is 35.4 Å². The number of carboxylic acid groups (broad SMARTS) is 1. The molecule has 0 aliphatic rings. The first-order valence-corrected chi connectivity index (χ1v) is 8.54. The number of esters is 1. The van der Waals surface area contributed by atoms with Crippen LogP contribution in [0.1, 0.15) is 74.7 Å². The molecule has 0 heterocycles. The number of benzene rings is 1. The van der Waals surface area contributed by atoms with Gasteiger partial charge in [0, 0.05) is 12.8 Å². The van der Waals surface area contributed by atoms with Crippen LogP contribution in [-0.4, -0.2) is 23.1 Å². The highest BCUT2D eigenvalue weighted by Crippen LogP contribution is 2.11. The average molecular weight is 320 g/mol. The molecule has 4 nitrogen and oxygen atoms in total. The van der Waals surface area contributed by atoms with Crippen molar-refractivity contribution in [2.75, 3.05) is 0 Å². The van der Waals surface area contributed by atoms with E-state index in [0.717, 1.165) is 18.4 Å². The molecule has 0 aromatic heterocycles. The van der Waals surface area contributed by atoms with Crippen LogP contribution in [-0.2, 0) is 16.0 Å². The van der Waals surface area contributed by atoms with E-state index in [1.54, 1.807) is 24.3 Å². The van der Waals surface area contributed by atoms with Crippen molar-refractivity contribution in [3.63, 3.8) is 0 Å². The highest BCUT2D eigenvalue weighted by molar-refractivity contribution is 5.87. The van der Waals surface area contributed by atoms with E-state index in [1.165, 1.54) is 25.7 Å². The van der Waals surface area contributed by atoms with Crippen LogP contribution in [0.3, 0.4) is 0 Å². The number of rotatable bonds is 11. The van der Waals surface area contributed by atoms with Gasteiger partial charge in [-0.1, -0.05) is 51.2 Å². The zero-order valence-corrected chi connectivity index (χ0v) is 14.2. The standard InChI is InChI=1S/C19H28O4/c1-3-4-5-6-7-8-9-18(20)23-15(2)14-16-10-12-17(13-11-16)19(21)22/h10-13,15H,3-9,14H2,1-2H3,(H,21,22). The molecule has 0 radical (unpaired) electrons. The summed E-state index contributed by atoms with van der Waals surface area (Å²) >= 11 is 0. The fourth-order valence-electron chi connectivity index (χ4n) is 2.49. The summed E-state index contributed by atoms with van der Waals surface area (Å²) in [6.45, 7) is 4.05. The van der Waals surface area contributed by atoms with Gasteiger partial charge < -0.3 is 9.84 Å². The lowest BCUT2D eigenvalue weighted by molar-refractivity contribution is -0.148. The maximum absolute atomic E-state index is 11.8. The SMILES string of the molecule is CCCCCCCCC(=O)OC(C)Cc1ccc(C(=O)O)cc1. The molecule has 23 heavy (non-hydrogen) atoms. The molecular formula is C19H28O4. The number of unbranched alkanes of at least 4 members (excludes halogenated alkanes) is 5. The largest absolute Gasteiger partial charge is 0.478 e. The zero-order chi connectivity index (χ0) is 17.1. The minimum absolute atomic E-state index is 0.143. The van der Waals surface area contributed by atoms with Crippen molar-refractivity contribution < 1.29 is 19.4 Å². The van der Waals surface area contributed by atoms with Crippen molar-refractivity contribution in [3.8, 4) is 0 Å². The first-order chi connectivity index (χ1) is 11.0. The summed E-state index contributed by atoms with van der Waals surface area (Å²) in [5.41, 5.74) is 1.23. The molecule has 4 heteroatoms. The van der Waals surface area contributed by atoms with Gasteiger partial charge in [0.15, 0.2) is 0 Å². The Morgan fingerprint density at radius 3 is 2.26 bits per heavy atom. The highest BCUT2D eigenvalue weighted by Gasteiger charge is 2.11. The van der Waals surface area contributed by atoms with E-state index in [0.29, 0.717) is 12.8 Å². The molecule has 1 N–H and O–H groups in total. The molecule has 0 saturated carbocycles. The third kappa shape index (κ3) is 8.38. The summed E-state index contributed by atoms with van der Waals surface area (Å²) in [4.78, 5) is 22.6. The number of hydrogen-bond acceptors (Lipinski definition) is 3. The lowest BCUT2D eigenvalue weighted by atomic mass is 10.1. The minimum Gasteiger partial charge on any atom is -0.478 e. The number of hydrogen-bond donors (Lipinski definition) is 1. The Balaban J connectivity index is 2.23. The first-order valence-electron chi connectivity index (χ1n) is 8.54. The fourth-order valence-corrected chi connectivity index (χ4v) is 2.49. The van der Waals surface area contributed by atoms with Gasteiger partial charge in [-0.05, 0) is 31.0 Å². The summed E-state index contributed by atoms with van der Waals surface area (Å²) in [7, 11) is 0. The van der Waals surface area contributed by atoms with Gasteiger partial charge >= 0.3 is 11.9 Å². The molecule has 0 bridgehead atoms. The molecule has 0 aliphatic heterocycles. The van der Waals surface area contributed by atoms with Gasteiger partial charge in [-0.2, -0.15) is 0 Å². The van der Waals surface area contributed by atoms with Crippen molar-refractivity contribution in [2.45, 2.75) is 71.3 Å². The number of carbonyl (C=O) groups excluding carboxylic acids is 1. The fraction of sp³-hybridized carbons (Fsp3) is 0.579. The quantitative estimate of drug-likeness (QED) is 0.478. The minimum atomic E-state index is -0.935. The number of carboxylic acids is 1. The molecule has 1 rings (SSSR count). The van der Waals surface area contributed by atoms with Gasteiger partial charge in [-0.15, -0.1) is 0 Å². The Bertz CT molecular complexity index is 479. The average Bonchev–Trinajstić information content (AvgIpc) is 2.51. The van der Waals surface area contributed by atoms with E-state index in [1.807, 2.05) is 6.92 Å². The lowest BCUT2D eigenvalue weighted by Crippen LogP contribution is -2.17. The second kappa shape index (κ2) is 10.8. The van der Waals surface area contributed by atoms with Crippen molar-refractivity contribution in [2.24, 2.45) is 0 Å². The predicted molar refractivity (Wildman–Crippen MR) is 90.7 cm³/mol. The van der Waals surface area contributed by atoms with E-state index in [-0.39, 0.29) is 17.6 Å². The number of carbonyl (C=O) groups is 2. The van der Waals surface area contributed by atoms with Gasteiger partial charge in [0.2, 0.25) is 0 Å². The van der Waals surface area contributed by atoms with E-state index in [2.05, 4.69) is 6.92 Å². The van der Waals surface area contributed by atoms with Crippen LogP contribution in [0.25, 0.3) is 0 Å². The number of ether oxygens (including phenoxy) is 1. The zero-order valence-electron chi connectivity index (χ0n) is 14.2. The van der Waals surface area contributed by atoms with Crippen molar-refractivity contribution in [1.82, 2.24) is 0 Å². The molecular weight excluding hydrogens is 292 g/mol. The Morgan fingerprint density at radius 1 is 1.04 bits per heavy atom. The predicted octanol–water partition coefficient (Wildman–Crippen LogP) is 4.61. The smallest absolute Gasteiger partial charge is 0.335 e. The van der Waals surface area contributed by atoms with Gasteiger partial charge in [0.25, 0.3) is 0 Å². The highest BCUT2D eigenvalue weighted by atomic mass is 16.5. The Hall–Kier alpha value is -1.84. The molecule has 1 aromatic carbocycles. The van der Waals surface area contributed by atoms with Gasteiger partial charge in [-0.3, -0.25) is 4.79 Å². The first kappa shape index (κ1) is 19.2. The molecule has 0 spiro atoms. The van der Waals surface area contributed by atoms with Crippen molar-refractivity contribution in [1.29, 1.82) is 0 Å². The topological polar surface area (TPSA) is 63.6 Å². The Morgan fingerprint density at radius 2 is 1.65 bits per heavy atom. The lowest BCUT2D eigenvalue weighted by Gasteiger charge is -2.13. The van der Waals surface area contributed by atoms with Gasteiger partial charge in [-0.25, -0.2) is 4.79 Å². The maximum atomic E-state index is 11.8. The van der Waals surface area contributed by atoms with Crippen LogP contribution in [0.15, 0.2) is 24.3 Å². The molecule has 1 atom stereocenters.